The van der Waals surface area contributed by atoms with Gasteiger partial charge in [0.25, 0.3) is 5.91 Å². The van der Waals surface area contributed by atoms with Gasteiger partial charge in [-0.1, -0.05) is 32.0 Å². The Balaban J connectivity index is 1.45. The van der Waals surface area contributed by atoms with Crippen LogP contribution < -0.4 is 5.32 Å². The number of anilines is 1. The van der Waals surface area contributed by atoms with Crippen LogP contribution in [-0.2, 0) is 4.79 Å². The number of likely N-dealkylation sites (tertiary alicyclic amines) is 1. The van der Waals surface area contributed by atoms with Gasteiger partial charge in [0, 0.05) is 24.7 Å². The molecular weight excluding hydrogens is 407 g/mol. The predicted molar refractivity (Wildman–Crippen MR) is 121 cm³/mol. The summed E-state index contributed by atoms with van der Waals surface area (Å²) in [5.41, 5.74) is 2.85. The number of para-hydroxylation sites is 1. The summed E-state index contributed by atoms with van der Waals surface area (Å²) in [5, 5.41) is 7.38. The highest BCUT2D eigenvalue weighted by Crippen LogP contribution is 2.27. The molecule has 0 saturated carbocycles. The minimum Gasteiger partial charge on any atom is -0.338 e. The van der Waals surface area contributed by atoms with Gasteiger partial charge in [0.05, 0.1) is 23.1 Å². The fourth-order valence-corrected chi connectivity index (χ4v) is 4.15. The van der Waals surface area contributed by atoms with Crippen molar-refractivity contribution < 1.29 is 14.0 Å². The summed E-state index contributed by atoms with van der Waals surface area (Å²) in [4.78, 5) is 27.7. The van der Waals surface area contributed by atoms with Crippen molar-refractivity contribution in [2.24, 2.45) is 5.92 Å². The van der Waals surface area contributed by atoms with Crippen molar-refractivity contribution in [1.82, 2.24) is 14.7 Å². The molecule has 4 rings (SSSR count). The lowest BCUT2D eigenvalue weighted by Crippen LogP contribution is -2.41. The van der Waals surface area contributed by atoms with Gasteiger partial charge < -0.3 is 10.2 Å². The maximum absolute atomic E-state index is 13.3. The smallest absolute Gasteiger partial charge is 0.257 e. The van der Waals surface area contributed by atoms with Gasteiger partial charge in [0.15, 0.2) is 0 Å². The van der Waals surface area contributed by atoms with Gasteiger partial charge in [0.1, 0.15) is 5.82 Å². The molecule has 3 aromatic rings. The maximum atomic E-state index is 13.3. The normalized spacial score (nSPS) is 14.6. The van der Waals surface area contributed by atoms with Gasteiger partial charge in [-0.15, -0.1) is 0 Å². The molecule has 2 amide bonds. The van der Waals surface area contributed by atoms with E-state index in [1.54, 1.807) is 27.9 Å². The zero-order valence-electron chi connectivity index (χ0n) is 18.3. The topological polar surface area (TPSA) is 67.2 Å². The second-order valence-electron chi connectivity index (χ2n) is 8.41. The first-order chi connectivity index (χ1) is 15.4. The molecule has 166 valence electrons. The van der Waals surface area contributed by atoms with Crippen molar-refractivity contribution in [1.29, 1.82) is 0 Å². The van der Waals surface area contributed by atoms with Crippen molar-refractivity contribution in [2.75, 3.05) is 18.4 Å². The van der Waals surface area contributed by atoms with E-state index in [4.69, 9.17) is 0 Å². The van der Waals surface area contributed by atoms with E-state index in [0.29, 0.717) is 37.2 Å². The number of aromatic nitrogens is 2. The van der Waals surface area contributed by atoms with E-state index < -0.39 is 0 Å². The van der Waals surface area contributed by atoms with E-state index in [1.807, 2.05) is 44.2 Å². The molecule has 1 aliphatic rings. The number of piperidine rings is 1. The molecule has 2 heterocycles. The van der Waals surface area contributed by atoms with Crippen LogP contribution in [0, 0.1) is 11.7 Å². The van der Waals surface area contributed by atoms with Crippen LogP contribution in [0.4, 0.5) is 10.1 Å². The van der Waals surface area contributed by atoms with Crippen LogP contribution in [0.25, 0.3) is 5.69 Å². The summed E-state index contributed by atoms with van der Waals surface area (Å²) in [6.07, 6.45) is 2.83. The first-order valence-corrected chi connectivity index (χ1v) is 10.9. The van der Waals surface area contributed by atoms with Crippen LogP contribution in [0.2, 0.25) is 0 Å². The Morgan fingerprint density at radius 1 is 1.03 bits per heavy atom. The number of nitrogens with zero attached hydrogens (tertiary/aromatic N) is 3. The highest BCUT2D eigenvalue weighted by atomic mass is 19.1. The van der Waals surface area contributed by atoms with Crippen LogP contribution in [0.1, 0.15) is 48.7 Å². The zero-order chi connectivity index (χ0) is 22.7. The number of hydrogen-bond acceptors (Lipinski definition) is 3. The molecule has 0 spiro atoms. The number of nitrogens with one attached hydrogen (secondary N) is 1. The monoisotopic (exact) mass is 434 g/mol. The number of hydrogen-bond donors (Lipinski definition) is 1. The van der Waals surface area contributed by atoms with Crippen molar-refractivity contribution in [3.8, 4) is 5.69 Å². The predicted octanol–water partition coefficient (Wildman–Crippen LogP) is 4.63. The Kier molecular flexibility index (Phi) is 6.35. The van der Waals surface area contributed by atoms with Crippen LogP contribution >= 0.6 is 0 Å². The molecule has 7 heteroatoms. The van der Waals surface area contributed by atoms with E-state index >= 15 is 0 Å². The van der Waals surface area contributed by atoms with Gasteiger partial charge in [-0.3, -0.25) is 9.59 Å². The van der Waals surface area contributed by atoms with Crippen molar-refractivity contribution in [3.63, 3.8) is 0 Å². The quantitative estimate of drug-likeness (QED) is 0.637. The van der Waals surface area contributed by atoms with E-state index in [-0.39, 0.29) is 29.5 Å². The third kappa shape index (κ3) is 4.56. The minimum atomic E-state index is -0.317. The van der Waals surface area contributed by atoms with Gasteiger partial charge >= 0.3 is 0 Å². The average Bonchev–Trinajstić information content (AvgIpc) is 3.25. The summed E-state index contributed by atoms with van der Waals surface area (Å²) < 4.78 is 15.0. The third-order valence-corrected chi connectivity index (χ3v) is 5.85. The summed E-state index contributed by atoms with van der Waals surface area (Å²) in [6.45, 7) is 5.05. The number of halogens is 1. The Bertz CT molecular complexity index is 1080. The summed E-state index contributed by atoms with van der Waals surface area (Å²) in [6, 6.07) is 15.5. The Morgan fingerprint density at radius 3 is 2.31 bits per heavy atom. The second kappa shape index (κ2) is 9.34. The molecule has 1 fully saturated rings. The van der Waals surface area contributed by atoms with E-state index in [2.05, 4.69) is 10.4 Å². The fourth-order valence-electron chi connectivity index (χ4n) is 4.15. The van der Waals surface area contributed by atoms with Crippen LogP contribution in [-0.4, -0.2) is 39.6 Å². The SMILES string of the molecule is CC(C)c1c(C(=O)N2CCC(C(=O)Nc3ccccc3)CC2)cnn1-c1ccc(F)cc1. The standard InChI is InChI=1S/C25H27FN4O2/c1-17(2)23-22(16-27-30(23)21-10-8-19(26)9-11-21)25(32)29-14-12-18(13-15-29)24(31)28-20-6-4-3-5-7-20/h3-11,16-18H,12-15H2,1-2H3,(H,28,31). The molecule has 0 aliphatic carbocycles. The summed E-state index contributed by atoms with van der Waals surface area (Å²) in [7, 11) is 0. The molecule has 1 saturated heterocycles. The largest absolute Gasteiger partial charge is 0.338 e. The zero-order valence-corrected chi connectivity index (χ0v) is 18.3. The summed E-state index contributed by atoms with van der Waals surface area (Å²) in [5.74, 6) is -0.469. The second-order valence-corrected chi connectivity index (χ2v) is 8.41. The molecule has 0 radical (unpaired) electrons. The van der Waals surface area contributed by atoms with Gasteiger partial charge in [-0.25, -0.2) is 9.07 Å². The first-order valence-electron chi connectivity index (χ1n) is 10.9. The number of benzene rings is 2. The van der Waals surface area contributed by atoms with Crippen molar-refractivity contribution in [2.45, 2.75) is 32.6 Å². The average molecular weight is 435 g/mol. The highest BCUT2D eigenvalue weighted by molar-refractivity contribution is 5.96. The van der Waals surface area contributed by atoms with E-state index in [0.717, 1.165) is 11.4 Å². The Hall–Kier alpha value is -3.48. The number of rotatable bonds is 5. The minimum absolute atomic E-state index is 0.00435. The van der Waals surface area contributed by atoms with Crippen LogP contribution in [0.5, 0.6) is 0 Å². The molecule has 6 nitrogen and oxygen atoms in total. The van der Waals surface area contributed by atoms with Gasteiger partial charge in [0.2, 0.25) is 5.91 Å². The highest BCUT2D eigenvalue weighted by Gasteiger charge is 2.30. The lowest BCUT2D eigenvalue weighted by molar-refractivity contribution is -0.121. The molecule has 1 aliphatic heterocycles. The molecule has 1 aromatic heterocycles. The van der Waals surface area contributed by atoms with Crippen LogP contribution in [0.15, 0.2) is 60.8 Å². The Labute approximate surface area is 187 Å². The van der Waals surface area contributed by atoms with Gasteiger partial charge in [-0.05, 0) is 55.2 Å². The molecule has 1 N–H and O–H groups in total. The van der Waals surface area contributed by atoms with Crippen LogP contribution in [0.3, 0.4) is 0 Å². The fraction of sp³-hybridized carbons (Fsp3) is 0.320. The third-order valence-electron chi connectivity index (χ3n) is 5.85. The van der Waals surface area contributed by atoms with Gasteiger partial charge in [-0.2, -0.15) is 5.10 Å². The van der Waals surface area contributed by atoms with Crippen molar-refractivity contribution in [3.05, 3.63) is 77.9 Å². The number of amides is 2. The molecule has 0 bridgehead atoms. The molecule has 2 aromatic carbocycles. The first kappa shape index (κ1) is 21.7. The molecule has 0 unspecified atom stereocenters. The van der Waals surface area contributed by atoms with Crippen molar-refractivity contribution >= 4 is 17.5 Å². The number of carbonyl (C=O) groups excluding carboxylic acids is 2. The lowest BCUT2D eigenvalue weighted by atomic mass is 9.95. The molecule has 0 atom stereocenters. The lowest BCUT2D eigenvalue weighted by Gasteiger charge is -2.31. The van der Waals surface area contributed by atoms with E-state index in [1.165, 1.54) is 12.1 Å². The maximum Gasteiger partial charge on any atom is 0.257 e. The Morgan fingerprint density at radius 2 is 1.69 bits per heavy atom. The summed E-state index contributed by atoms with van der Waals surface area (Å²) >= 11 is 0. The number of carbonyl (C=O) groups is 2. The van der Waals surface area contributed by atoms with E-state index in [9.17, 15) is 14.0 Å². The molecule has 32 heavy (non-hydrogen) atoms. The molecular formula is C25H27FN4O2.